The molecule has 3 rings (SSSR count). The molecule has 148 valence electrons. The molecule has 1 saturated heterocycles. The highest BCUT2D eigenvalue weighted by Gasteiger charge is 2.19. The standard InChI is InChI=1S/C18H25N9O/c1-11(2)8-13(16(19)28)24-14-10-22-17(26-20)18(25-14)23-12-4-5-15(21-9-12)27-6-3-7-27/h4-5,9-11,13,20H,3,6-8H2,1-2H3,(H2,19,28)(H2,23,24,25)/t13-/m1/s1. The molecule has 10 heteroatoms. The topological polar surface area (TPSA) is 145 Å². The van der Waals surface area contributed by atoms with Crippen molar-refractivity contribution in [1.82, 2.24) is 15.0 Å². The van der Waals surface area contributed by atoms with E-state index in [1.165, 1.54) is 12.6 Å². The van der Waals surface area contributed by atoms with Gasteiger partial charge in [-0.15, -0.1) is 5.11 Å². The normalized spacial score (nSPS) is 14.3. The van der Waals surface area contributed by atoms with Gasteiger partial charge in [0.2, 0.25) is 11.7 Å². The SMILES string of the molecule is CC(C)C[C@@H](Nc1cnc(N=N)c(Nc2ccc(N3CCC3)nc2)n1)C(N)=O. The molecule has 1 fully saturated rings. The molecule has 1 aliphatic rings. The number of anilines is 4. The van der Waals surface area contributed by atoms with E-state index in [9.17, 15) is 4.79 Å². The zero-order chi connectivity index (χ0) is 20.1. The molecule has 28 heavy (non-hydrogen) atoms. The average molecular weight is 383 g/mol. The van der Waals surface area contributed by atoms with Crippen LogP contribution in [0.4, 0.5) is 29.0 Å². The number of hydrogen-bond donors (Lipinski definition) is 4. The highest BCUT2D eigenvalue weighted by Crippen LogP contribution is 2.27. The molecule has 0 radical (unpaired) electrons. The zero-order valence-electron chi connectivity index (χ0n) is 16.0. The summed E-state index contributed by atoms with van der Waals surface area (Å²) < 4.78 is 0. The lowest BCUT2D eigenvalue weighted by atomic mass is 10.0. The Balaban J connectivity index is 1.76. The summed E-state index contributed by atoms with van der Waals surface area (Å²) in [5.74, 6) is 1.58. The van der Waals surface area contributed by atoms with E-state index in [2.05, 4.69) is 35.6 Å². The van der Waals surface area contributed by atoms with Gasteiger partial charge in [0.25, 0.3) is 0 Å². The van der Waals surface area contributed by atoms with Gasteiger partial charge >= 0.3 is 0 Å². The molecule has 0 aromatic carbocycles. The molecular formula is C18H25N9O. The van der Waals surface area contributed by atoms with Crippen LogP contribution in [-0.4, -0.2) is 40.0 Å². The molecule has 1 aliphatic heterocycles. The summed E-state index contributed by atoms with van der Waals surface area (Å²) in [5.41, 5.74) is 13.5. The van der Waals surface area contributed by atoms with Gasteiger partial charge in [0, 0.05) is 13.1 Å². The number of carbonyl (C=O) groups excluding carboxylic acids is 1. The van der Waals surface area contributed by atoms with E-state index in [-0.39, 0.29) is 11.7 Å². The highest BCUT2D eigenvalue weighted by atomic mass is 16.1. The molecule has 5 N–H and O–H groups in total. The quantitative estimate of drug-likeness (QED) is 0.487. The molecular weight excluding hydrogens is 358 g/mol. The highest BCUT2D eigenvalue weighted by molar-refractivity contribution is 5.82. The summed E-state index contributed by atoms with van der Waals surface area (Å²) in [6, 6.07) is 3.26. The van der Waals surface area contributed by atoms with Crippen molar-refractivity contribution in [3.63, 3.8) is 0 Å². The Bertz CT molecular complexity index is 833. The maximum absolute atomic E-state index is 11.7. The Morgan fingerprint density at radius 2 is 2.11 bits per heavy atom. The van der Waals surface area contributed by atoms with Crippen LogP contribution < -0.4 is 21.3 Å². The number of pyridine rings is 1. The predicted molar refractivity (Wildman–Crippen MR) is 107 cm³/mol. The third kappa shape index (κ3) is 4.70. The molecule has 1 amide bonds. The molecule has 0 spiro atoms. The maximum atomic E-state index is 11.7. The Hall–Kier alpha value is -3.30. The summed E-state index contributed by atoms with van der Waals surface area (Å²) in [5, 5.41) is 9.50. The summed E-state index contributed by atoms with van der Waals surface area (Å²) in [6.07, 6.45) is 4.90. The van der Waals surface area contributed by atoms with Crippen LogP contribution >= 0.6 is 0 Å². The Labute approximate surface area is 163 Å². The van der Waals surface area contributed by atoms with Crippen LogP contribution in [0.2, 0.25) is 0 Å². The minimum atomic E-state index is -0.557. The molecule has 0 saturated carbocycles. The second-order valence-corrected chi connectivity index (χ2v) is 7.14. The summed E-state index contributed by atoms with van der Waals surface area (Å²) in [4.78, 5) is 26.9. The van der Waals surface area contributed by atoms with Gasteiger partial charge in [0.05, 0.1) is 18.1 Å². The summed E-state index contributed by atoms with van der Waals surface area (Å²) in [6.45, 7) is 6.07. The van der Waals surface area contributed by atoms with E-state index in [1.807, 2.05) is 26.0 Å². The lowest BCUT2D eigenvalue weighted by Gasteiger charge is -2.31. The van der Waals surface area contributed by atoms with Crippen LogP contribution in [-0.2, 0) is 4.79 Å². The molecule has 10 nitrogen and oxygen atoms in total. The second kappa shape index (κ2) is 8.59. The first-order chi connectivity index (χ1) is 13.5. The minimum Gasteiger partial charge on any atom is -0.368 e. The first kappa shape index (κ1) is 19.5. The summed E-state index contributed by atoms with van der Waals surface area (Å²) >= 11 is 0. The average Bonchev–Trinajstić information content (AvgIpc) is 2.61. The molecule has 0 aliphatic carbocycles. The van der Waals surface area contributed by atoms with Gasteiger partial charge in [-0.1, -0.05) is 13.8 Å². The van der Waals surface area contributed by atoms with Crippen LogP contribution in [0.15, 0.2) is 29.6 Å². The number of nitrogens with two attached hydrogens (primary N) is 1. The molecule has 2 aromatic heterocycles. The van der Waals surface area contributed by atoms with Crippen molar-refractivity contribution in [1.29, 1.82) is 5.53 Å². The van der Waals surface area contributed by atoms with E-state index in [4.69, 9.17) is 11.3 Å². The number of hydrogen-bond acceptors (Lipinski definition) is 9. The fourth-order valence-electron chi connectivity index (χ4n) is 2.84. The monoisotopic (exact) mass is 383 g/mol. The van der Waals surface area contributed by atoms with E-state index < -0.39 is 11.9 Å². The fraction of sp³-hybridized carbons (Fsp3) is 0.444. The third-order valence-corrected chi connectivity index (χ3v) is 4.42. The first-order valence-corrected chi connectivity index (χ1v) is 9.24. The zero-order valence-corrected chi connectivity index (χ0v) is 16.0. The van der Waals surface area contributed by atoms with Gasteiger partial charge < -0.3 is 21.3 Å². The predicted octanol–water partition coefficient (Wildman–Crippen LogP) is 2.80. The van der Waals surface area contributed by atoms with Crippen molar-refractivity contribution in [2.75, 3.05) is 28.6 Å². The molecule has 2 aromatic rings. The number of nitrogens with one attached hydrogen (secondary N) is 3. The second-order valence-electron chi connectivity index (χ2n) is 7.14. The number of aromatic nitrogens is 3. The van der Waals surface area contributed by atoms with Gasteiger partial charge in [-0.3, -0.25) is 4.79 Å². The Morgan fingerprint density at radius 3 is 2.64 bits per heavy atom. The van der Waals surface area contributed by atoms with Crippen LogP contribution in [0.25, 0.3) is 0 Å². The van der Waals surface area contributed by atoms with Crippen molar-refractivity contribution < 1.29 is 4.79 Å². The van der Waals surface area contributed by atoms with Crippen LogP contribution in [0.5, 0.6) is 0 Å². The number of carbonyl (C=O) groups is 1. The maximum Gasteiger partial charge on any atom is 0.239 e. The van der Waals surface area contributed by atoms with Crippen molar-refractivity contribution in [2.45, 2.75) is 32.7 Å². The van der Waals surface area contributed by atoms with Crippen molar-refractivity contribution in [3.8, 4) is 0 Å². The molecule has 3 heterocycles. The lowest BCUT2D eigenvalue weighted by molar-refractivity contribution is -0.119. The Kier molecular flexibility index (Phi) is 5.97. The van der Waals surface area contributed by atoms with E-state index in [1.54, 1.807) is 6.20 Å². The van der Waals surface area contributed by atoms with Gasteiger partial charge in [0.1, 0.15) is 17.7 Å². The largest absolute Gasteiger partial charge is 0.368 e. The number of nitrogens with zero attached hydrogens (tertiary/aromatic N) is 5. The van der Waals surface area contributed by atoms with Gasteiger partial charge in [-0.05, 0) is 30.9 Å². The van der Waals surface area contributed by atoms with Crippen LogP contribution in [0.1, 0.15) is 26.7 Å². The number of primary amides is 1. The van der Waals surface area contributed by atoms with E-state index in [0.717, 1.165) is 18.9 Å². The first-order valence-electron chi connectivity index (χ1n) is 9.24. The smallest absolute Gasteiger partial charge is 0.239 e. The third-order valence-electron chi connectivity index (χ3n) is 4.42. The molecule has 0 bridgehead atoms. The lowest BCUT2D eigenvalue weighted by Crippen LogP contribution is -2.37. The van der Waals surface area contributed by atoms with Crippen LogP contribution in [0, 0.1) is 11.4 Å². The van der Waals surface area contributed by atoms with Gasteiger partial charge in [-0.2, -0.15) is 0 Å². The van der Waals surface area contributed by atoms with Crippen molar-refractivity contribution in [3.05, 3.63) is 24.5 Å². The summed E-state index contributed by atoms with van der Waals surface area (Å²) in [7, 11) is 0. The number of amides is 1. The van der Waals surface area contributed by atoms with Crippen LogP contribution in [0.3, 0.4) is 0 Å². The minimum absolute atomic E-state index is 0.136. The molecule has 0 unspecified atom stereocenters. The van der Waals surface area contributed by atoms with Crippen molar-refractivity contribution >= 4 is 34.9 Å². The van der Waals surface area contributed by atoms with Gasteiger partial charge in [-0.25, -0.2) is 20.5 Å². The van der Waals surface area contributed by atoms with Crippen molar-refractivity contribution in [2.24, 2.45) is 16.8 Å². The van der Waals surface area contributed by atoms with Gasteiger partial charge in [0.15, 0.2) is 5.82 Å². The van der Waals surface area contributed by atoms with E-state index >= 15 is 0 Å². The Morgan fingerprint density at radius 1 is 1.32 bits per heavy atom. The number of rotatable bonds is 9. The molecule has 1 atom stereocenters. The van der Waals surface area contributed by atoms with E-state index in [0.29, 0.717) is 23.7 Å². The fourth-order valence-corrected chi connectivity index (χ4v) is 2.84.